The summed E-state index contributed by atoms with van der Waals surface area (Å²) >= 11 is 5.68. The van der Waals surface area contributed by atoms with Gasteiger partial charge in [-0.25, -0.2) is 4.39 Å². The standard InChI is InChI=1S/C15H12ClFO2/c1-10(18)13-4-2-3-5-15(13)19-9-11-6-7-12(16)8-14(11)17/h2-8H,9H2,1H3. The molecular weight excluding hydrogens is 267 g/mol. The summed E-state index contributed by atoms with van der Waals surface area (Å²) in [6.07, 6.45) is 0. The predicted molar refractivity (Wildman–Crippen MR) is 72.2 cm³/mol. The van der Waals surface area contributed by atoms with Gasteiger partial charge in [-0.1, -0.05) is 29.8 Å². The van der Waals surface area contributed by atoms with Crippen molar-refractivity contribution in [3.8, 4) is 5.75 Å². The van der Waals surface area contributed by atoms with Crippen molar-refractivity contribution in [3.63, 3.8) is 0 Å². The summed E-state index contributed by atoms with van der Waals surface area (Å²) < 4.78 is 19.1. The first kappa shape index (κ1) is 13.6. The zero-order chi connectivity index (χ0) is 13.8. The molecule has 0 unspecified atom stereocenters. The van der Waals surface area contributed by atoms with E-state index in [1.807, 2.05) is 0 Å². The van der Waals surface area contributed by atoms with Crippen LogP contribution in [-0.2, 0) is 6.61 Å². The molecule has 2 aromatic carbocycles. The molecule has 19 heavy (non-hydrogen) atoms. The van der Waals surface area contributed by atoms with Gasteiger partial charge in [-0.2, -0.15) is 0 Å². The van der Waals surface area contributed by atoms with E-state index >= 15 is 0 Å². The molecule has 0 atom stereocenters. The molecule has 0 amide bonds. The molecule has 0 radical (unpaired) electrons. The lowest BCUT2D eigenvalue weighted by Crippen LogP contribution is -2.02. The molecule has 4 heteroatoms. The third-order valence-corrected chi connectivity index (χ3v) is 2.90. The second-order valence-electron chi connectivity index (χ2n) is 4.08. The molecule has 0 aromatic heterocycles. The summed E-state index contributed by atoms with van der Waals surface area (Å²) in [6.45, 7) is 1.51. The van der Waals surface area contributed by atoms with E-state index in [-0.39, 0.29) is 12.4 Å². The summed E-state index contributed by atoms with van der Waals surface area (Å²) in [5.74, 6) is -0.0654. The molecule has 0 fully saturated rings. The van der Waals surface area contributed by atoms with Gasteiger partial charge >= 0.3 is 0 Å². The molecular formula is C15H12ClFO2. The predicted octanol–water partition coefficient (Wildman–Crippen LogP) is 4.26. The Morgan fingerprint density at radius 2 is 2.00 bits per heavy atom. The average molecular weight is 279 g/mol. The number of ether oxygens (including phenoxy) is 1. The van der Waals surface area contributed by atoms with Crippen molar-refractivity contribution in [2.75, 3.05) is 0 Å². The molecule has 0 aliphatic rings. The molecule has 2 rings (SSSR count). The monoisotopic (exact) mass is 278 g/mol. The van der Waals surface area contributed by atoms with E-state index in [0.717, 1.165) is 0 Å². The maximum Gasteiger partial charge on any atom is 0.163 e. The fraction of sp³-hybridized carbons (Fsp3) is 0.133. The van der Waals surface area contributed by atoms with Crippen molar-refractivity contribution >= 4 is 17.4 Å². The van der Waals surface area contributed by atoms with Crippen LogP contribution in [0, 0.1) is 5.82 Å². The number of ketones is 1. The van der Waals surface area contributed by atoms with E-state index in [0.29, 0.717) is 21.9 Å². The van der Waals surface area contributed by atoms with Crippen molar-refractivity contribution in [3.05, 3.63) is 64.4 Å². The molecule has 0 bridgehead atoms. The van der Waals surface area contributed by atoms with Gasteiger partial charge in [0.05, 0.1) is 5.56 Å². The van der Waals surface area contributed by atoms with E-state index in [1.54, 1.807) is 36.4 Å². The SMILES string of the molecule is CC(=O)c1ccccc1OCc1ccc(Cl)cc1F. The number of carbonyl (C=O) groups is 1. The highest BCUT2D eigenvalue weighted by Gasteiger charge is 2.09. The van der Waals surface area contributed by atoms with Crippen molar-refractivity contribution in [2.45, 2.75) is 13.5 Å². The first-order valence-corrected chi connectivity index (χ1v) is 6.12. The normalized spacial score (nSPS) is 10.3. The quantitative estimate of drug-likeness (QED) is 0.781. The highest BCUT2D eigenvalue weighted by atomic mass is 35.5. The van der Waals surface area contributed by atoms with Crippen molar-refractivity contribution < 1.29 is 13.9 Å². The van der Waals surface area contributed by atoms with Gasteiger partial charge < -0.3 is 4.74 Å². The van der Waals surface area contributed by atoms with Crippen LogP contribution in [0.4, 0.5) is 4.39 Å². The summed E-state index contributed by atoms with van der Waals surface area (Å²) in [4.78, 5) is 11.4. The van der Waals surface area contributed by atoms with Gasteiger partial charge in [0.15, 0.2) is 5.78 Å². The summed E-state index contributed by atoms with van der Waals surface area (Å²) in [5, 5.41) is 0.338. The number of rotatable bonds is 4. The maximum atomic E-state index is 13.6. The fourth-order valence-corrected chi connectivity index (χ4v) is 1.84. The van der Waals surface area contributed by atoms with Gasteiger partial charge in [-0.3, -0.25) is 4.79 Å². The molecule has 2 nitrogen and oxygen atoms in total. The molecule has 98 valence electrons. The van der Waals surface area contributed by atoms with Crippen LogP contribution < -0.4 is 4.74 Å². The molecule has 0 heterocycles. The van der Waals surface area contributed by atoms with E-state index in [2.05, 4.69) is 0 Å². The zero-order valence-electron chi connectivity index (χ0n) is 10.3. The summed E-state index contributed by atoms with van der Waals surface area (Å²) in [7, 11) is 0. The number of hydrogen-bond acceptors (Lipinski definition) is 2. The molecule has 0 aliphatic heterocycles. The van der Waals surface area contributed by atoms with Crippen LogP contribution in [0.15, 0.2) is 42.5 Å². The van der Waals surface area contributed by atoms with Gasteiger partial charge in [0.1, 0.15) is 18.2 Å². The minimum absolute atomic E-state index is 0.0489. The van der Waals surface area contributed by atoms with Crippen LogP contribution in [0.1, 0.15) is 22.8 Å². The van der Waals surface area contributed by atoms with Crippen LogP contribution >= 0.6 is 11.6 Å². The topological polar surface area (TPSA) is 26.3 Å². The lowest BCUT2D eigenvalue weighted by atomic mass is 10.1. The van der Waals surface area contributed by atoms with Crippen molar-refractivity contribution in [2.24, 2.45) is 0 Å². The second kappa shape index (κ2) is 5.85. The highest BCUT2D eigenvalue weighted by molar-refractivity contribution is 6.30. The Balaban J connectivity index is 2.17. The minimum atomic E-state index is -0.423. The van der Waals surface area contributed by atoms with Gasteiger partial charge in [-0.05, 0) is 31.2 Å². The smallest absolute Gasteiger partial charge is 0.163 e. The largest absolute Gasteiger partial charge is 0.488 e. The minimum Gasteiger partial charge on any atom is -0.488 e. The number of benzene rings is 2. The number of Topliss-reactive ketones (excluding diaryl/α,β-unsaturated/α-hetero) is 1. The van der Waals surface area contributed by atoms with E-state index < -0.39 is 5.82 Å². The third-order valence-electron chi connectivity index (χ3n) is 2.66. The van der Waals surface area contributed by atoms with Crippen molar-refractivity contribution in [1.29, 1.82) is 0 Å². The van der Waals surface area contributed by atoms with Gasteiger partial charge in [-0.15, -0.1) is 0 Å². The van der Waals surface area contributed by atoms with Gasteiger partial charge in [0.2, 0.25) is 0 Å². The van der Waals surface area contributed by atoms with E-state index in [1.165, 1.54) is 13.0 Å². The molecule has 0 saturated heterocycles. The summed E-state index contributed by atoms with van der Waals surface area (Å²) in [5.41, 5.74) is 0.875. The highest BCUT2D eigenvalue weighted by Crippen LogP contribution is 2.21. The maximum absolute atomic E-state index is 13.6. The molecule has 2 aromatic rings. The molecule has 0 saturated carbocycles. The lowest BCUT2D eigenvalue weighted by molar-refractivity contribution is 0.101. The number of para-hydroxylation sites is 1. The number of carbonyl (C=O) groups excluding carboxylic acids is 1. The Kier molecular flexibility index (Phi) is 4.17. The van der Waals surface area contributed by atoms with Crippen LogP contribution in [0.25, 0.3) is 0 Å². The Labute approximate surface area is 115 Å². The van der Waals surface area contributed by atoms with Crippen LogP contribution in [0.3, 0.4) is 0 Å². The Morgan fingerprint density at radius 3 is 2.68 bits per heavy atom. The lowest BCUT2D eigenvalue weighted by Gasteiger charge is -2.10. The Bertz CT molecular complexity index is 611. The van der Waals surface area contributed by atoms with Gasteiger partial charge in [0, 0.05) is 10.6 Å². The number of hydrogen-bond donors (Lipinski definition) is 0. The molecule has 0 aliphatic carbocycles. The van der Waals surface area contributed by atoms with Crippen LogP contribution in [0.2, 0.25) is 5.02 Å². The van der Waals surface area contributed by atoms with Gasteiger partial charge in [0.25, 0.3) is 0 Å². The Hall–Kier alpha value is -1.87. The average Bonchev–Trinajstić information content (AvgIpc) is 2.38. The van der Waals surface area contributed by atoms with Crippen molar-refractivity contribution in [1.82, 2.24) is 0 Å². The van der Waals surface area contributed by atoms with E-state index in [4.69, 9.17) is 16.3 Å². The second-order valence-corrected chi connectivity index (χ2v) is 4.51. The van der Waals surface area contributed by atoms with Crippen LogP contribution in [0.5, 0.6) is 5.75 Å². The number of halogens is 2. The Morgan fingerprint density at radius 1 is 1.26 bits per heavy atom. The zero-order valence-corrected chi connectivity index (χ0v) is 11.1. The molecule has 0 spiro atoms. The first-order chi connectivity index (χ1) is 9.08. The molecule has 0 N–H and O–H groups in total. The third kappa shape index (κ3) is 3.32. The fourth-order valence-electron chi connectivity index (χ4n) is 1.68. The van der Waals surface area contributed by atoms with E-state index in [9.17, 15) is 9.18 Å². The van der Waals surface area contributed by atoms with Crippen LogP contribution in [-0.4, -0.2) is 5.78 Å². The summed E-state index contributed by atoms with van der Waals surface area (Å²) in [6, 6.07) is 11.3. The first-order valence-electron chi connectivity index (χ1n) is 5.74.